The molecule has 1 aromatic heterocycles. The Balaban J connectivity index is 2.28. The predicted molar refractivity (Wildman–Crippen MR) is 74.9 cm³/mol. The van der Waals surface area contributed by atoms with Crippen LogP contribution in [-0.4, -0.2) is 18.0 Å². The number of nitrogens with one attached hydrogen (secondary N) is 1. The summed E-state index contributed by atoms with van der Waals surface area (Å²) in [6.07, 6.45) is 1.56. The molecule has 0 fully saturated rings. The second-order valence-corrected chi connectivity index (χ2v) is 4.38. The van der Waals surface area contributed by atoms with Crippen LogP contribution in [0.2, 0.25) is 5.02 Å². The van der Waals surface area contributed by atoms with Crippen LogP contribution in [0.5, 0.6) is 5.75 Å². The van der Waals surface area contributed by atoms with Gasteiger partial charge in [0.1, 0.15) is 11.4 Å². The molecule has 0 atom stereocenters. The maximum atomic E-state index is 12.0. The van der Waals surface area contributed by atoms with Gasteiger partial charge >= 0.3 is 0 Å². The first-order chi connectivity index (χ1) is 9.11. The van der Waals surface area contributed by atoms with Gasteiger partial charge in [-0.1, -0.05) is 17.7 Å². The van der Waals surface area contributed by atoms with E-state index in [4.69, 9.17) is 16.3 Å². The third-order valence-electron chi connectivity index (χ3n) is 2.63. The fraction of sp³-hybridized carbons (Fsp3) is 0.143. The van der Waals surface area contributed by atoms with Crippen LogP contribution >= 0.6 is 11.6 Å². The Morgan fingerprint density at radius 3 is 2.79 bits per heavy atom. The van der Waals surface area contributed by atoms with Gasteiger partial charge in [-0.25, -0.2) is 0 Å². The minimum Gasteiger partial charge on any atom is -0.495 e. The molecule has 4 nitrogen and oxygen atoms in total. The number of benzene rings is 1. The van der Waals surface area contributed by atoms with Crippen LogP contribution in [0.4, 0.5) is 5.69 Å². The minimum absolute atomic E-state index is 0.307. The number of pyridine rings is 1. The van der Waals surface area contributed by atoms with Gasteiger partial charge in [-0.05, 0) is 36.8 Å². The van der Waals surface area contributed by atoms with Gasteiger partial charge in [-0.3, -0.25) is 9.78 Å². The SMILES string of the molecule is COc1cc(C)c(Cl)cc1NC(=O)c1ccccn1. The lowest BCUT2D eigenvalue weighted by Crippen LogP contribution is -2.14. The third-order valence-corrected chi connectivity index (χ3v) is 3.03. The van der Waals surface area contributed by atoms with Crippen LogP contribution in [0.15, 0.2) is 36.5 Å². The summed E-state index contributed by atoms with van der Waals surface area (Å²) in [6.45, 7) is 1.87. The van der Waals surface area contributed by atoms with Crippen LogP contribution in [-0.2, 0) is 0 Å². The Hall–Kier alpha value is -2.07. The van der Waals surface area contributed by atoms with Crippen LogP contribution < -0.4 is 10.1 Å². The monoisotopic (exact) mass is 276 g/mol. The van der Waals surface area contributed by atoms with E-state index in [1.165, 1.54) is 0 Å². The van der Waals surface area contributed by atoms with Crippen molar-refractivity contribution in [1.82, 2.24) is 4.98 Å². The van der Waals surface area contributed by atoms with E-state index >= 15 is 0 Å². The van der Waals surface area contributed by atoms with Crippen LogP contribution in [0, 0.1) is 6.92 Å². The molecule has 1 amide bonds. The number of ether oxygens (including phenoxy) is 1. The van der Waals surface area contributed by atoms with Crippen molar-refractivity contribution in [3.8, 4) is 5.75 Å². The second kappa shape index (κ2) is 5.71. The van der Waals surface area contributed by atoms with Crippen molar-refractivity contribution >= 4 is 23.2 Å². The van der Waals surface area contributed by atoms with Crippen molar-refractivity contribution < 1.29 is 9.53 Å². The highest BCUT2D eigenvalue weighted by atomic mass is 35.5. The number of hydrogen-bond donors (Lipinski definition) is 1. The lowest BCUT2D eigenvalue weighted by Gasteiger charge is -2.11. The number of carbonyl (C=O) groups excluding carboxylic acids is 1. The number of methoxy groups -OCH3 is 1. The summed E-state index contributed by atoms with van der Waals surface area (Å²) in [6, 6.07) is 8.58. The predicted octanol–water partition coefficient (Wildman–Crippen LogP) is 3.30. The number of nitrogens with zero attached hydrogens (tertiary/aromatic N) is 1. The van der Waals surface area contributed by atoms with E-state index in [1.54, 1.807) is 43.6 Å². The van der Waals surface area contributed by atoms with Gasteiger partial charge in [0.2, 0.25) is 0 Å². The minimum atomic E-state index is -0.307. The summed E-state index contributed by atoms with van der Waals surface area (Å²) >= 11 is 6.05. The lowest BCUT2D eigenvalue weighted by molar-refractivity contribution is 0.102. The van der Waals surface area contributed by atoms with Crippen LogP contribution in [0.3, 0.4) is 0 Å². The summed E-state index contributed by atoms with van der Waals surface area (Å²) in [7, 11) is 1.54. The van der Waals surface area contributed by atoms with Crippen molar-refractivity contribution in [2.45, 2.75) is 6.92 Å². The molecule has 0 bridgehead atoms. The average molecular weight is 277 g/mol. The number of anilines is 1. The Labute approximate surface area is 116 Å². The lowest BCUT2D eigenvalue weighted by atomic mass is 10.2. The van der Waals surface area contributed by atoms with Crippen LogP contribution in [0.1, 0.15) is 16.1 Å². The molecule has 0 saturated carbocycles. The highest BCUT2D eigenvalue weighted by Gasteiger charge is 2.12. The van der Waals surface area contributed by atoms with E-state index < -0.39 is 0 Å². The van der Waals surface area contributed by atoms with Gasteiger partial charge in [0, 0.05) is 11.2 Å². The van der Waals surface area contributed by atoms with Gasteiger partial charge in [-0.15, -0.1) is 0 Å². The number of carbonyl (C=O) groups is 1. The number of amides is 1. The maximum absolute atomic E-state index is 12.0. The molecule has 2 aromatic rings. The standard InChI is InChI=1S/C14H13ClN2O2/c1-9-7-13(19-2)12(8-10(9)15)17-14(18)11-5-3-4-6-16-11/h3-8H,1-2H3,(H,17,18). The summed E-state index contributed by atoms with van der Waals surface area (Å²) in [5, 5.41) is 3.30. The number of rotatable bonds is 3. The number of aromatic nitrogens is 1. The zero-order chi connectivity index (χ0) is 13.8. The molecule has 1 N–H and O–H groups in total. The largest absolute Gasteiger partial charge is 0.495 e. The quantitative estimate of drug-likeness (QED) is 0.936. The van der Waals surface area contributed by atoms with E-state index in [-0.39, 0.29) is 5.91 Å². The number of hydrogen-bond acceptors (Lipinski definition) is 3. The molecule has 2 rings (SSSR count). The molecule has 0 saturated heterocycles. The second-order valence-electron chi connectivity index (χ2n) is 3.97. The fourth-order valence-corrected chi connectivity index (χ4v) is 1.77. The molecule has 19 heavy (non-hydrogen) atoms. The van der Waals surface area contributed by atoms with Crippen LogP contribution in [0.25, 0.3) is 0 Å². The van der Waals surface area contributed by atoms with E-state index in [0.717, 1.165) is 5.56 Å². The van der Waals surface area contributed by atoms with E-state index in [9.17, 15) is 4.79 Å². The molecule has 0 unspecified atom stereocenters. The zero-order valence-electron chi connectivity index (χ0n) is 10.6. The first-order valence-corrected chi connectivity index (χ1v) is 6.06. The highest BCUT2D eigenvalue weighted by molar-refractivity contribution is 6.31. The molecule has 98 valence electrons. The van der Waals surface area contributed by atoms with E-state index in [1.807, 2.05) is 6.92 Å². The van der Waals surface area contributed by atoms with Gasteiger partial charge in [0.25, 0.3) is 5.91 Å². The molecule has 1 heterocycles. The Morgan fingerprint density at radius 2 is 2.16 bits per heavy atom. The smallest absolute Gasteiger partial charge is 0.274 e. The molecule has 0 spiro atoms. The Kier molecular flexibility index (Phi) is 4.02. The number of aryl methyl sites for hydroxylation is 1. The van der Waals surface area contributed by atoms with Gasteiger partial charge < -0.3 is 10.1 Å². The van der Waals surface area contributed by atoms with E-state index in [0.29, 0.717) is 22.2 Å². The van der Waals surface area contributed by atoms with E-state index in [2.05, 4.69) is 10.3 Å². The zero-order valence-corrected chi connectivity index (χ0v) is 11.4. The summed E-state index contributed by atoms with van der Waals surface area (Å²) in [5.41, 5.74) is 1.74. The van der Waals surface area contributed by atoms with Gasteiger partial charge in [0.05, 0.1) is 12.8 Å². The van der Waals surface area contributed by atoms with Gasteiger partial charge in [-0.2, -0.15) is 0 Å². The first kappa shape index (κ1) is 13.4. The Morgan fingerprint density at radius 1 is 1.37 bits per heavy atom. The molecule has 0 radical (unpaired) electrons. The van der Waals surface area contributed by atoms with Crippen molar-refractivity contribution in [1.29, 1.82) is 0 Å². The number of halogens is 1. The summed E-state index contributed by atoms with van der Waals surface area (Å²) < 4.78 is 5.22. The summed E-state index contributed by atoms with van der Waals surface area (Å²) in [5.74, 6) is 0.255. The maximum Gasteiger partial charge on any atom is 0.274 e. The third kappa shape index (κ3) is 3.03. The van der Waals surface area contributed by atoms with Gasteiger partial charge in [0.15, 0.2) is 0 Å². The van der Waals surface area contributed by atoms with Crippen molar-refractivity contribution in [3.05, 3.63) is 52.8 Å². The topological polar surface area (TPSA) is 51.2 Å². The molecular weight excluding hydrogens is 264 g/mol. The fourth-order valence-electron chi connectivity index (χ4n) is 1.61. The molecular formula is C14H13ClN2O2. The summed E-state index contributed by atoms with van der Waals surface area (Å²) in [4.78, 5) is 16.0. The molecule has 5 heteroatoms. The normalized spacial score (nSPS) is 10.1. The van der Waals surface area contributed by atoms with Crippen molar-refractivity contribution in [2.75, 3.05) is 12.4 Å². The van der Waals surface area contributed by atoms with Crippen molar-refractivity contribution in [2.24, 2.45) is 0 Å². The molecule has 0 aliphatic carbocycles. The van der Waals surface area contributed by atoms with Crippen molar-refractivity contribution in [3.63, 3.8) is 0 Å². The molecule has 0 aliphatic heterocycles. The molecule has 1 aromatic carbocycles. The highest BCUT2D eigenvalue weighted by Crippen LogP contribution is 2.31. The Bertz CT molecular complexity index is 600. The molecule has 0 aliphatic rings. The first-order valence-electron chi connectivity index (χ1n) is 5.68. The average Bonchev–Trinajstić information content (AvgIpc) is 2.43.